The lowest BCUT2D eigenvalue weighted by atomic mass is 10.2. The maximum atomic E-state index is 12.9. The summed E-state index contributed by atoms with van der Waals surface area (Å²) < 4.78 is 39.4. The molecule has 3 aromatic rings. The molecule has 0 spiro atoms. The van der Waals surface area contributed by atoms with Gasteiger partial charge >= 0.3 is 0 Å². The average molecular weight is 369 g/mol. The van der Waals surface area contributed by atoms with Gasteiger partial charge < -0.3 is 9.47 Å². The van der Waals surface area contributed by atoms with Crippen molar-refractivity contribution >= 4 is 15.7 Å². The lowest BCUT2D eigenvalue weighted by Crippen LogP contribution is -2.14. The van der Waals surface area contributed by atoms with E-state index in [1.54, 1.807) is 54.6 Å². The molecule has 0 atom stereocenters. The van der Waals surface area contributed by atoms with Crippen LogP contribution in [-0.2, 0) is 10.0 Å². The highest BCUT2D eigenvalue weighted by Crippen LogP contribution is 2.33. The second-order valence-electron chi connectivity index (χ2n) is 5.67. The fourth-order valence-electron chi connectivity index (χ4n) is 2.45. The Morgan fingerprint density at radius 2 is 1.54 bits per heavy atom. The quantitative estimate of drug-likeness (QED) is 0.690. The molecule has 0 bridgehead atoms. The predicted octanol–water partition coefficient (Wildman–Crippen LogP) is 4.60. The highest BCUT2D eigenvalue weighted by molar-refractivity contribution is 7.92. The topological polar surface area (TPSA) is 64.6 Å². The van der Waals surface area contributed by atoms with E-state index in [2.05, 4.69) is 4.72 Å². The minimum Gasteiger partial charge on any atom is -0.495 e. The fourth-order valence-corrected chi connectivity index (χ4v) is 3.77. The van der Waals surface area contributed by atoms with Gasteiger partial charge in [-0.25, -0.2) is 8.42 Å². The molecule has 0 radical (unpaired) electrons. The molecule has 6 heteroatoms. The van der Waals surface area contributed by atoms with E-state index in [1.165, 1.54) is 7.11 Å². The number of methoxy groups -OCH3 is 1. The van der Waals surface area contributed by atoms with Gasteiger partial charge in [0.05, 0.1) is 12.8 Å². The zero-order valence-electron chi connectivity index (χ0n) is 14.5. The van der Waals surface area contributed by atoms with Crippen LogP contribution in [0.4, 0.5) is 5.69 Å². The molecule has 5 nitrogen and oxygen atoms in total. The number of para-hydroxylation sites is 3. The third kappa shape index (κ3) is 3.97. The number of benzene rings is 3. The molecule has 3 aromatic carbocycles. The van der Waals surface area contributed by atoms with Crippen LogP contribution in [0.3, 0.4) is 0 Å². The molecular formula is C20H19NO4S. The Morgan fingerprint density at radius 3 is 2.27 bits per heavy atom. The summed E-state index contributed by atoms with van der Waals surface area (Å²) in [6, 6.07) is 21.1. The minimum atomic E-state index is -3.85. The number of sulfonamides is 1. The van der Waals surface area contributed by atoms with Crippen LogP contribution in [0.2, 0.25) is 0 Å². The summed E-state index contributed by atoms with van der Waals surface area (Å²) in [5, 5.41) is 0. The summed E-state index contributed by atoms with van der Waals surface area (Å²) in [5.74, 6) is 1.31. The number of aryl methyl sites for hydroxylation is 1. The third-order valence-electron chi connectivity index (χ3n) is 3.71. The molecule has 1 N–H and O–H groups in total. The molecule has 134 valence electrons. The summed E-state index contributed by atoms with van der Waals surface area (Å²) in [6.07, 6.45) is 0. The Hall–Kier alpha value is -2.99. The van der Waals surface area contributed by atoms with Crippen molar-refractivity contribution in [1.29, 1.82) is 0 Å². The average Bonchev–Trinajstić information content (AvgIpc) is 2.64. The first-order valence-corrected chi connectivity index (χ1v) is 9.47. The molecule has 0 fully saturated rings. The Balaban J connectivity index is 1.95. The van der Waals surface area contributed by atoms with Gasteiger partial charge in [0.2, 0.25) is 0 Å². The number of nitrogens with one attached hydrogen (secondary N) is 1. The van der Waals surface area contributed by atoms with E-state index in [0.29, 0.717) is 17.2 Å². The number of rotatable bonds is 6. The van der Waals surface area contributed by atoms with Gasteiger partial charge in [0.25, 0.3) is 10.0 Å². The number of anilines is 1. The summed E-state index contributed by atoms with van der Waals surface area (Å²) >= 11 is 0. The van der Waals surface area contributed by atoms with Gasteiger partial charge in [-0.15, -0.1) is 0 Å². The molecule has 0 saturated carbocycles. The molecular weight excluding hydrogens is 350 g/mol. The molecule has 3 rings (SSSR count). The van der Waals surface area contributed by atoms with Crippen molar-refractivity contribution in [1.82, 2.24) is 0 Å². The highest BCUT2D eigenvalue weighted by Gasteiger charge is 2.21. The first-order valence-electron chi connectivity index (χ1n) is 7.99. The van der Waals surface area contributed by atoms with Gasteiger partial charge in [-0.2, -0.15) is 0 Å². The minimum absolute atomic E-state index is 0.0783. The van der Waals surface area contributed by atoms with Gasteiger partial charge in [0.1, 0.15) is 16.4 Å². The van der Waals surface area contributed by atoms with Crippen LogP contribution in [-0.4, -0.2) is 15.5 Å². The third-order valence-corrected chi connectivity index (χ3v) is 5.10. The molecule has 26 heavy (non-hydrogen) atoms. The molecule has 0 aliphatic rings. The smallest absolute Gasteiger partial charge is 0.265 e. The maximum Gasteiger partial charge on any atom is 0.265 e. The van der Waals surface area contributed by atoms with Gasteiger partial charge in [0, 0.05) is 0 Å². The van der Waals surface area contributed by atoms with Crippen molar-refractivity contribution in [3.63, 3.8) is 0 Å². The van der Waals surface area contributed by atoms with Gasteiger partial charge in [-0.3, -0.25) is 4.72 Å². The summed E-state index contributed by atoms with van der Waals surface area (Å²) in [7, 11) is -2.41. The molecule has 0 unspecified atom stereocenters. The Kier molecular flexibility index (Phi) is 5.14. The maximum absolute atomic E-state index is 12.9. The lowest BCUT2D eigenvalue weighted by molar-refractivity contribution is 0.402. The van der Waals surface area contributed by atoms with Crippen molar-refractivity contribution in [3.05, 3.63) is 78.4 Å². The Labute approximate surface area is 153 Å². The standard InChI is InChI=1S/C20H19NO4S/c1-15-12-13-19(24-2)20(14-15)26(22,23)21-17-10-6-7-11-18(17)25-16-8-4-3-5-9-16/h3-14,21H,1-2H3. The van der Waals surface area contributed by atoms with Gasteiger partial charge in [-0.05, 0) is 48.9 Å². The van der Waals surface area contributed by atoms with Gasteiger partial charge in [-0.1, -0.05) is 36.4 Å². The van der Waals surface area contributed by atoms with E-state index in [4.69, 9.17) is 9.47 Å². The van der Waals surface area contributed by atoms with Crippen LogP contribution in [0.1, 0.15) is 5.56 Å². The molecule has 0 aliphatic heterocycles. The van der Waals surface area contributed by atoms with E-state index in [0.717, 1.165) is 5.56 Å². The largest absolute Gasteiger partial charge is 0.495 e. The Morgan fingerprint density at radius 1 is 0.846 bits per heavy atom. The van der Waals surface area contributed by atoms with Crippen LogP contribution in [0.25, 0.3) is 0 Å². The van der Waals surface area contributed by atoms with Crippen molar-refractivity contribution in [2.24, 2.45) is 0 Å². The number of hydrogen-bond acceptors (Lipinski definition) is 4. The van der Waals surface area contributed by atoms with E-state index in [1.807, 2.05) is 25.1 Å². The second kappa shape index (κ2) is 7.49. The molecule has 0 heterocycles. The summed E-state index contributed by atoms with van der Waals surface area (Å²) in [6.45, 7) is 1.82. The van der Waals surface area contributed by atoms with Crippen molar-refractivity contribution in [2.75, 3.05) is 11.8 Å². The van der Waals surface area contributed by atoms with E-state index in [-0.39, 0.29) is 10.6 Å². The Bertz CT molecular complexity index is 1000. The molecule has 0 aromatic heterocycles. The molecule has 0 saturated heterocycles. The first kappa shape index (κ1) is 17.8. The normalized spacial score (nSPS) is 11.0. The lowest BCUT2D eigenvalue weighted by Gasteiger charge is -2.15. The second-order valence-corrected chi connectivity index (χ2v) is 7.32. The monoisotopic (exact) mass is 369 g/mol. The highest BCUT2D eigenvalue weighted by atomic mass is 32.2. The van der Waals surface area contributed by atoms with E-state index in [9.17, 15) is 8.42 Å². The molecule has 0 amide bonds. The molecule has 0 aliphatic carbocycles. The van der Waals surface area contributed by atoms with Crippen molar-refractivity contribution in [3.8, 4) is 17.2 Å². The zero-order valence-corrected chi connectivity index (χ0v) is 15.3. The van der Waals surface area contributed by atoms with Crippen LogP contribution in [0, 0.1) is 6.92 Å². The van der Waals surface area contributed by atoms with Crippen molar-refractivity contribution in [2.45, 2.75) is 11.8 Å². The van der Waals surface area contributed by atoms with Gasteiger partial charge in [0.15, 0.2) is 5.75 Å². The summed E-state index contributed by atoms with van der Waals surface area (Å²) in [4.78, 5) is 0.0783. The van der Waals surface area contributed by atoms with E-state index < -0.39 is 10.0 Å². The fraction of sp³-hybridized carbons (Fsp3) is 0.100. The predicted molar refractivity (Wildman–Crippen MR) is 101 cm³/mol. The zero-order chi connectivity index (χ0) is 18.6. The summed E-state index contributed by atoms with van der Waals surface area (Å²) in [5.41, 5.74) is 1.17. The van der Waals surface area contributed by atoms with Crippen molar-refractivity contribution < 1.29 is 17.9 Å². The van der Waals surface area contributed by atoms with E-state index >= 15 is 0 Å². The number of hydrogen-bond donors (Lipinski definition) is 1. The van der Waals surface area contributed by atoms with Crippen LogP contribution < -0.4 is 14.2 Å². The van der Waals surface area contributed by atoms with Crippen LogP contribution in [0.5, 0.6) is 17.2 Å². The number of ether oxygens (including phenoxy) is 2. The first-order chi connectivity index (χ1) is 12.5. The van der Waals surface area contributed by atoms with Crippen LogP contribution in [0.15, 0.2) is 77.7 Å². The van der Waals surface area contributed by atoms with Crippen LogP contribution >= 0.6 is 0 Å². The SMILES string of the molecule is COc1ccc(C)cc1S(=O)(=O)Nc1ccccc1Oc1ccccc1.